The van der Waals surface area contributed by atoms with Crippen LogP contribution in [0.3, 0.4) is 0 Å². The molecule has 1 N–H and O–H groups in total. The Hall–Kier alpha value is -3.50. The van der Waals surface area contributed by atoms with Gasteiger partial charge in [0.25, 0.3) is 11.9 Å². The highest BCUT2D eigenvalue weighted by atomic mass is 79.9. The van der Waals surface area contributed by atoms with E-state index in [4.69, 9.17) is 9.47 Å². The Morgan fingerprint density at radius 1 is 1.19 bits per heavy atom. The molecule has 1 amide bonds. The Morgan fingerprint density at radius 2 is 1.92 bits per heavy atom. The lowest BCUT2D eigenvalue weighted by molar-refractivity contribution is -0.534. The Kier molecular flexibility index (Phi) is 6.63. The first-order valence-electron chi connectivity index (χ1n) is 11.9. The first kappa shape index (κ1) is 25.2. The van der Waals surface area contributed by atoms with Gasteiger partial charge in [-0.25, -0.2) is 4.39 Å². The molecule has 0 unspecified atom stereocenters. The van der Waals surface area contributed by atoms with E-state index in [0.717, 1.165) is 0 Å². The third-order valence-electron chi connectivity index (χ3n) is 7.13. The van der Waals surface area contributed by atoms with E-state index >= 15 is 0 Å². The lowest BCUT2D eigenvalue weighted by Crippen LogP contribution is -2.54. The average molecular weight is 570 g/mol. The zero-order chi connectivity index (χ0) is 26.3. The molecular weight excluding hydrogens is 545 g/mol. The number of rotatable bonds is 7. The lowest BCUT2D eigenvalue weighted by atomic mass is 9.79. The number of benzene rings is 3. The second-order valence-electron chi connectivity index (χ2n) is 9.13. The van der Waals surface area contributed by atoms with Crippen molar-refractivity contribution in [2.24, 2.45) is 0 Å². The molecule has 8 nitrogen and oxygen atoms in total. The summed E-state index contributed by atoms with van der Waals surface area (Å²) in [6.07, 6.45) is 0. The van der Waals surface area contributed by atoms with Crippen molar-refractivity contribution in [2.75, 3.05) is 25.5 Å². The minimum Gasteiger partial charge on any atom is -0.490 e. The number of likely N-dealkylation sites (N-methyl/N-ethyl adjacent to an activating group) is 1. The van der Waals surface area contributed by atoms with Gasteiger partial charge in [0.05, 0.1) is 17.0 Å². The van der Waals surface area contributed by atoms with Crippen LogP contribution < -0.4 is 14.8 Å². The summed E-state index contributed by atoms with van der Waals surface area (Å²) in [4.78, 5) is 27.4. The van der Waals surface area contributed by atoms with E-state index in [0.29, 0.717) is 45.0 Å². The van der Waals surface area contributed by atoms with Gasteiger partial charge in [-0.2, -0.15) is 0 Å². The normalized spacial score (nSPS) is 22.6. The van der Waals surface area contributed by atoms with Crippen LogP contribution in [0.25, 0.3) is 0 Å². The summed E-state index contributed by atoms with van der Waals surface area (Å²) in [6.45, 7) is 2.41. The van der Waals surface area contributed by atoms with Crippen LogP contribution in [0.1, 0.15) is 29.5 Å². The van der Waals surface area contributed by atoms with Gasteiger partial charge in [-0.1, -0.05) is 36.4 Å². The number of ether oxygens (including phenoxy) is 2. The Morgan fingerprint density at radius 3 is 2.65 bits per heavy atom. The number of carbonyl (C=O) groups is 1. The van der Waals surface area contributed by atoms with Gasteiger partial charge in [-0.15, -0.1) is 0 Å². The Labute approximate surface area is 221 Å². The molecule has 1 spiro atoms. The van der Waals surface area contributed by atoms with Crippen molar-refractivity contribution in [3.63, 3.8) is 0 Å². The number of amides is 1. The average Bonchev–Trinajstić information content (AvgIpc) is 3.34. The molecule has 0 saturated carbocycles. The highest BCUT2D eigenvalue weighted by Crippen LogP contribution is 2.53. The first-order valence-corrected chi connectivity index (χ1v) is 12.7. The minimum atomic E-state index is -1.44. The number of nitro groups is 1. The van der Waals surface area contributed by atoms with Crippen molar-refractivity contribution >= 4 is 27.5 Å². The topological polar surface area (TPSA) is 93.9 Å². The fourth-order valence-electron chi connectivity index (χ4n) is 5.55. The third kappa shape index (κ3) is 4.04. The number of fused-ring (bicyclic) bond motifs is 2. The number of halogens is 2. The summed E-state index contributed by atoms with van der Waals surface area (Å²) >= 11 is 3.53. The zero-order valence-corrected chi connectivity index (χ0v) is 21.8. The minimum absolute atomic E-state index is 0.0194. The third-order valence-corrected chi connectivity index (χ3v) is 7.72. The molecule has 2 aliphatic rings. The summed E-state index contributed by atoms with van der Waals surface area (Å²) in [7, 11) is 1.74. The molecule has 0 aliphatic carbocycles. The second-order valence-corrected chi connectivity index (χ2v) is 9.98. The van der Waals surface area contributed by atoms with Crippen molar-refractivity contribution in [3.05, 3.63) is 97.8 Å². The van der Waals surface area contributed by atoms with Gasteiger partial charge in [-0.05, 0) is 59.7 Å². The van der Waals surface area contributed by atoms with Gasteiger partial charge in [0.2, 0.25) is 0 Å². The molecule has 3 aromatic rings. The van der Waals surface area contributed by atoms with Crippen LogP contribution in [0.2, 0.25) is 0 Å². The van der Waals surface area contributed by atoms with Gasteiger partial charge in [0.15, 0.2) is 17.0 Å². The van der Waals surface area contributed by atoms with Crippen molar-refractivity contribution in [1.29, 1.82) is 0 Å². The van der Waals surface area contributed by atoms with Gasteiger partial charge < -0.3 is 14.8 Å². The maximum absolute atomic E-state index is 14.1. The Bertz CT molecular complexity index is 1390. The molecule has 0 aromatic heterocycles. The SMILES string of the molecule is CCOc1cc([C@@H]2CN(C)[C@]3(C(=O)Nc4ccccc43)[C@@H]2[N+](=O)[O-])cc(Br)c1OCc1ccccc1F. The fraction of sp³-hybridized carbons (Fsp3) is 0.296. The lowest BCUT2D eigenvalue weighted by Gasteiger charge is -2.30. The first-order chi connectivity index (χ1) is 17.8. The van der Waals surface area contributed by atoms with Crippen LogP contribution >= 0.6 is 15.9 Å². The molecule has 10 heteroatoms. The van der Waals surface area contributed by atoms with E-state index in [1.165, 1.54) is 6.07 Å². The molecule has 1 fully saturated rings. The number of nitrogens with one attached hydrogen (secondary N) is 1. The van der Waals surface area contributed by atoms with E-state index < -0.39 is 23.4 Å². The van der Waals surface area contributed by atoms with Gasteiger partial charge in [0.1, 0.15) is 12.4 Å². The largest absolute Gasteiger partial charge is 0.490 e. The second kappa shape index (κ2) is 9.75. The number of carbonyl (C=O) groups excluding carboxylic acids is 1. The molecule has 2 heterocycles. The predicted octanol–water partition coefficient (Wildman–Crippen LogP) is 5.09. The van der Waals surface area contributed by atoms with Crippen LogP contribution in [0, 0.1) is 15.9 Å². The highest BCUT2D eigenvalue weighted by molar-refractivity contribution is 9.10. The summed E-state index contributed by atoms with van der Waals surface area (Å²) < 4.78 is 26.4. The molecule has 5 rings (SSSR count). The number of hydrogen-bond donors (Lipinski definition) is 1. The summed E-state index contributed by atoms with van der Waals surface area (Å²) in [5.41, 5.74) is 0.764. The van der Waals surface area contributed by atoms with E-state index in [-0.39, 0.29) is 23.9 Å². The number of para-hydroxylation sites is 1. The molecule has 3 atom stereocenters. The van der Waals surface area contributed by atoms with Gasteiger partial charge in [-0.3, -0.25) is 19.8 Å². The van der Waals surface area contributed by atoms with E-state index in [9.17, 15) is 19.3 Å². The molecular formula is C27H25BrFN3O5. The molecule has 192 valence electrons. The van der Waals surface area contributed by atoms with E-state index in [2.05, 4.69) is 21.2 Å². The van der Waals surface area contributed by atoms with Crippen molar-refractivity contribution in [2.45, 2.75) is 31.0 Å². The molecule has 1 saturated heterocycles. The van der Waals surface area contributed by atoms with Crippen LogP contribution in [0.15, 0.2) is 65.1 Å². The van der Waals surface area contributed by atoms with Crippen LogP contribution in [-0.2, 0) is 16.9 Å². The van der Waals surface area contributed by atoms with Crippen molar-refractivity contribution in [1.82, 2.24) is 4.90 Å². The number of hydrogen-bond acceptors (Lipinski definition) is 6. The van der Waals surface area contributed by atoms with Crippen molar-refractivity contribution in [3.8, 4) is 11.5 Å². The number of nitrogens with zero attached hydrogens (tertiary/aromatic N) is 2. The Balaban J connectivity index is 1.55. The molecule has 0 bridgehead atoms. The summed E-state index contributed by atoms with van der Waals surface area (Å²) in [5.74, 6) is -0.652. The van der Waals surface area contributed by atoms with Crippen LogP contribution in [0.5, 0.6) is 11.5 Å². The number of likely N-dealkylation sites (tertiary alicyclic amines) is 1. The summed E-state index contributed by atoms with van der Waals surface area (Å²) in [6, 6.07) is 15.7. The molecule has 3 aromatic carbocycles. The maximum atomic E-state index is 14.1. The predicted molar refractivity (Wildman–Crippen MR) is 139 cm³/mol. The smallest absolute Gasteiger partial charge is 0.256 e. The highest BCUT2D eigenvalue weighted by Gasteiger charge is 2.68. The van der Waals surface area contributed by atoms with Crippen LogP contribution in [-0.4, -0.2) is 42.0 Å². The van der Waals surface area contributed by atoms with E-state index in [1.807, 2.05) is 6.92 Å². The van der Waals surface area contributed by atoms with Crippen LogP contribution in [0.4, 0.5) is 10.1 Å². The fourth-order valence-corrected chi connectivity index (χ4v) is 6.12. The van der Waals surface area contributed by atoms with Gasteiger partial charge in [0, 0.05) is 28.3 Å². The quantitative estimate of drug-likeness (QED) is 0.314. The van der Waals surface area contributed by atoms with E-state index in [1.54, 1.807) is 66.5 Å². The molecule has 2 aliphatic heterocycles. The molecule has 37 heavy (non-hydrogen) atoms. The maximum Gasteiger partial charge on any atom is 0.256 e. The zero-order valence-electron chi connectivity index (χ0n) is 20.2. The van der Waals surface area contributed by atoms with Gasteiger partial charge >= 0.3 is 0 Å². The molecule has 0 radical (unpaired) electrons. The van der Waals surface area contributed by atoms with Crippen molar-refractivity contribution < 1.29 is 23.6 Å². The summed E-state index contributed by atoms with van der Waals surface area (Å²) in [5, 5.41) is 15.4. The standard InChI is InChI=1S/C27H25BrFN3O5/c1-3-36-23-13-17(12-20(28)24(23)37-15-16-8-4-6-10-21(16)29)18-14-31(2)27(25(18)32(34)35)19-9-5-7-11-22(19)30-26(27)33/h4-13,18,25H,3,14-15H2,1-2H3,(H,30,33)/t18-,25+,27-/m0/s1. The number of anilines is 1. The monoisotopic (exact) mass is 569 g/mol.